The van der Waals surface area contributed by atoms with Crippen LogP contribution in [-0.2, 0) is 14.3 Å². The molecule has 9 nitrogen and oxygen atoms in total. The Balaban J connectivity index is 2.17. The Hall–Kier alpha value is -2.37. The third-order valence-corrected chi connectivity index (χ3v) is 15.3. The molecule has 9 heteroatoms. The number of carbonyl (C=O) groups is 1. The number of carbonyl (C=O) groups excluding carboxylic acids is 1. The fourth-order valence-electron chi connectivity index (χ4n) is 10.2. The summed E-state index contributed by atoms with van der Waals surface area (Å²) < 4.78 is 11.3. The van der Waals surface area contributed by atoms with Gasteiger partial charge in [-0.15, -0.1) is 0 Å². The molecule has 0 bridgehead atoms. The number of allylic oxidation sites excluding steroid dienone is 12. The molecule has 1 saturated heterocycles. The predicted molar refractivity (Wildman–Crippen MR) is 327 cm³/mol. The Labute approximate surface area is 474 Å². The molecule has 0 radical (unpaired) electrons. The molecule has 0 aromatic heterocycles. The van der Waals surface area contributed by atoms with Gasteiger partial charge in [-0.2, -0.15) is 0 Å². The molecule has 448 valence electrons. The van der Waals surface area contributed by atoms with Crippen molar-refractivity contribution in [2.75, 3.05) is 13.2 Å². The number of unbranched alkanes of at least 4 members (excludes halogenated alkanes) is 34. The van der Waals surface area contributed by atoms with Gasteiger partial charge in [-0.3, -0.25) is 4.79 Å². The largest absolute Gasteiger partial charge is 0.394 e. The number of aliphatic hydroxyl groups is 5. The molecule has 77 heavy (non-hydrogen) atoms. The molecule has 1 aliphatic heterocycles. The minimum Gasteiger partial charge on any atom is -0.394 e. The Morgan fingerprint density at radius 3 is 1.19 bits per heavy atom. The van der Waals surface area contributed by atoms with Crippen molar-refractivity contribution in [1.82, 2.24) is 5.32 Å². The summed E-state index contributed by atoms with van der Waals surface area (Å²) in [5.41, 5.74) is 0. The molecule has 1 fully saturated rings. The number of aliphatic hydroxyl groups excluding tert-OH is 5. The molecular weight excluding hydrogens is 959 g/mol. The number of rotatable bonds is 56. The van der Waals surface area contributed by atoms with Crippen molar-refractivity contribution in [3.05, 3.63) is 72.9 Å². The second-order valence-corrected chi connectivity index (χ2v) is 22.5. The fraction of sp³-hybridized carbons (Fsp3) is 0.809. The number of hydrogen-bond donors (Lipinski definition) is 6. The van der Waals surface area contributed by atoms with Crippen molar-refractivity contribution in [1.29, 1.82) is 0 Å². The molecule has 1 aliphatic rings. The highest BCUT2D eigenvalue weighted by Crippen LogP contribution is 2.23. The maximum atomic E-state index is 13.1. The van der Waals surface area contributed by atoms with E-state index in [1.54, 1.807) is 0 Å². The summed E-state index contributed by atoms with van der Waals surface area (Å²) in [4.78, 5) is 13.1. The quantitative estimate of drug-likeness (QED) is 0.0261. The third kappa shape index (κ3) is 46.0. The first-order valence-corrected chi connectivity index (χ1v) is 32.6. The number of ether oxygens (including phenoxy) is 2. The van der Waals surface area contributed by atoms with E-state index in [0.717, 1.165) is 96.3 Å². The summed E-state index contributed by atoms with van der Waals surface area (Å²) in [5.74, 6) is -0.158. The van der Waals surface area contributed by atoms with E-state index >= 15 is 0 Å². The lowest BCUT2D eigenvalue weighted by atomic mass is 9.99. The average molecular weight is 1080 g/mol. The van der Waals surface area contributed by atoms with Crippen molar-refractivity contribution in [2.45, 2.75) is 339 Å². The van der Waals surface area contributed by atoms with Crippen LogP contribution in [0.25, 0.3) is 0 Å². The van der Waals surface area contributed by atoms with Crippen LogP contribution in [0.4, 0.5) is 0 Å². The molecule has 7 atom stereocenters. The van der Waals surface area contributed by atoms with Gasteiger partial charge in [-0.25, -0.2) is 0 Å². The van der Waals surface area contributed by atoms with Gasteiger partial charge in [-0.1, -0.05) is 299 Å². The molecule has 0 saturated carbocycles. The van der Waals surface area contributed by atoms with E-state index in [9.17, 15) is 30.3 Å². The fourth-order valence-corrected chi connectivity index (χ4v) is 10.2. The van der Waals surface area contributed by atoms with Crippen LogP contribution in [0.5, 0.6) is 0 Å². The minimum absolute atomic E-state index is 0.147. The summed E-state index contributed by atoms with van der Waals surface area (Å²) in [7, 11) is 0. The summed E-state index contributed by atoms with van der Waals surface area (Å²) in [6.45, 7) is 3.75. The average Bonchev–Trinajstić information content (AvgIpc) is 3.43. The van der Waals surface area contributed by atoms with Gasteiger partial charge in [0.05, 0.1) is 25.4 Å². The highest BCUT2D eigenvalue weighted by atomic mass is 16.7. The van der Waals surface area contributed by atoms with Crippen LogP contribution in [0.2, 0.25) is 0 Å². The number of nitrogens with one attached hydrogen (secondary N) is 1. The first-order chi connectivity index (χ1) is 37.8. The van der Waals surface area contributed by atoms with E-state index < -0.39 is 49.5 Å². The summed E-state index contributed by atoms with van der Waals surface area (Å²) in [6, 6.07) is -0.734. The van der Waals surface area contributed by atoms with Crippen LogP contribution in [0, 0.1) is 0 Å². The minimum atomic E-state index is -1.56. The zero-order valence-corrected chi connectivity index (χ0v) is 50.0. The van der Waals surface area contributed by atoms with Crippen LogP contribution in [0.3, 0.4) is 0 Å². The van der Waals surface area contributed by atoms with Gasteiger partial charge in [0.1, 0.15) is 24.4 Å². The van der Waals surface area contributed by atoms with Crippen LogP contribution in [-0.4, -0.2) is 87.5 Å². The third-order valence-electron chi connectivity index (χ3n) is 15.3. The van der Waals surface area contributed by atoms with Crippen LogP contribution >= 0.6 is 0 Å². The second kappa shape index (κ2) is 56.9. The first-order valence-electron chi connectivity index (χ1n) is 32.6. The molecule has 0 aromatic rings. The van der Waals surface area contributed by atoms with Crippen molar-refractivity contribution in [3.8, 4) is 0 Å². The van der Waals surface area contributed by atoms with Crippen molar-refractivity contribution < 1.29 is 39.8 Å². The summed E-state index contributed by atoms with van der Waals surface area (Å²) in [6.07, 6.45) is 72.3. The molecule has 0 aliphatic carbocycles. The normalized spacial score (nSPS) is 19.2. The van der Waals surface area contributed by atoms with Crippen LogP contribution in [0.15, 0.2) is 72.9 Å². The Kier molecular flexibility index (Phi) is 53.7. The molecule has 7 unspecified atom stereocenters. The topological polar surface area (TPSA) is 149 Å². The highest BCUT2D eigenvalue weighted by molar-refractivity contribution is 5.76. The lowest BCUT2D eigenvalue weighted by molar-refractivity contribution is -0.302. The van der Waals surface area contributed by atoms with E-state index in [2.05, 4.69) is 92.1 Å². The van der Waals surface area contributed by atoms with Gasteiger partial charge in [0, 0.05) is 6.42 Å². The van der Waals surface area contributed by atoms with E-state index in [-0.39, 0.29) is 12.5 Å². The van der Waals surface area contributed by atoms with Gasteiger partial charge >= 0.3 is 0 Å². The van der Waals surface area contributed by atoms with E-state index in [1.807, 2.05) is 0 Å². The molecule has 6 N–H and O–H groups in total. The van der Waals surface area contributed by atoms with Crippen molar-refractivity contribution in [3.63, 3.8) is 0 Å². The van der Waals surface area contributed by atoms with E-state index in [1.165, 1.54) is 173 Å². The summed E-state index contributed by atoms with van der Waals surface area (Å²) in [5, 5.41) is 54.9. The first kappa shape index (κ1) is 72.6. The number of hydrogen-bond acceptors (Lipinski definition) is 8. The highest BCUT2D eigenvalue weighted by Gasteiger charge is 2.44. The lowest BCUT2D eigenvalue weighted by Gasteiger charge is -2.40. The second-order valence-electron chi connectivity index (χ2n) is 22.5. The zero-order chi connectivity index (χ0) is 55.8. The van der Waals surface area contributed by atoms with Crippen molar-refractivity contribution in [2.24, 2.45) is 0 Å². The molecule has 1 amide bonds. The summed E-state index contributed by atoms with van der Waals surface area (Å²) >= 11 is 0. The maximum absolute atomic E-state index is 13.1. The predicted octanol–water partition coefficient (Wildman–Crippen LogP) is 17.2. The van der Waals surface area contributed by atoms with E-state index in [0.29, 0.717) is 12.8 Å². The molecule has 1 rings (SSSR count). The van der Waals surface area contributed by atoms with Crippen molar-refractivity contribution >= 4 is 5.91 Å². The maximum Gasteiger partial charge on any atom is 0.220 e. The monoisotopic (exact) mass is 1080 g/mol. The Bertz CT molecular complexity index is 1440. The number of amides is 1. The smallest absolute Gasteiger partial charge is 0.220 e. The molecule has 0 aromatic carbocycles. The SMILES string of the molecule is CC/C=C\C/C=C\C/C=C\C/C=C\C/C=C\C/C=C\CCCCCCCCC(=O)NC(COC1OC(CO)C(O)C(O)C1O)C(O)CCCCCCCCCCCCCCCCCCCCCCCCCCCCCCC. The Morgan fingerprint density at radius 1 is 0.455 bits per heavy atom. The zero-order valence-electron chi connectivity index (χ0n) is 50.0. The van der Waals surface area contributed by atoms with Crippen LogP contribution < -0.4 is 5.32 Å². The van der Waals surface area contributed by atoms with Crippen LogP contribution in [0.1, 0.15) is 296 Å². The van der Waals surface area contributed by atoms with E-state index in [4.69, 9.17) is 9.47 Å². The van der Waals surface area contributed by atoms with Gasteiger partial charge < -0.3 is 40.3 Å². The molecule has 1 heterocycles. The molecular formula is C68H123NO8. The van der Waals surface area contributed by atoms with Gasteiger partial charge in [0.2, 0.25) is 5.91 Å². The van der Waals surface area contributed by atoms with Gasteiger partial charge in [0.15, 0.2) is 6.29 Å². The lowest BCUT2D eigenvalue weighted by Crippen LogP contribution is -2.60. The van der Waals surface area contributed by atoms with Gasteiger partial charge in [0.25, 0.3) is 0 Å². The molecule has 0 spiro atoms. The standard InChI is InChI=1S/C68H123NO8/c1-3-5-7-9-11-13-15-17-19-21-23-25-27-29-30-31-32-34-35-37-39-41-43-45-47-49-51-53-55-57-62(71)61(60-76-68-67(75)66(74)65(73)63(59-70)77-68)69-64(72)58-56-54-52-50-48-46-44-42-40-38-36-33-28-26-24-22-20-18-16-14-12-10-8-6-4-2/h6,8,12,14,18,20,24,26,33,36,40,42,61-63,65-68,70-71,73-75H,3-5,7,9-11,13,15-17,19,21-23,25,27-32,34-35,37-39,41,43-60H2,1-2H3,(H,69,72)/b8-6-,14-12-,20-18-,26-24-,36-33-,42-40-. The Morgan fingerprint density at radius 2 is 0.805 bits per heavy atom. The van der Waals surface area contributed by atoms with Gasteiger partial charge in [-0.05, 0) is 64.2 Å².